The number of sulfone groups is 1. The van der Waals surface area contributed by atoms with Crippen LogP contribution in [0.1, 0.15) is 34.1 Å². The Bertz CT molecular complexity index is 843. The van der Waals surface area contributed by atoms with Crippen LogP contribution < -0.4 is 5.32 Å². The van der Waals surface area contributed by atoms with Crippen molar-refractivity contribution in [3.63, 3.8) is 0 Å². The molecule has 0 bridgehead atoms. The summed E-state index contributed by atoms with van der Waals surface area (Å²) in [4.78, 5) is 38.1. The zero-order chi connectivity index (χ0) is 19.6. The Kier molecular flexibility index (Phi) is 6.07. The summed E-state index contributed by atoms with van der Waals surface area (Å²) in [5.74, 6) is -1.48. The molecule has 1 aromatic heterocycles. The standard InChI is InChI=1S/C16H22N2O6S2/c1-9-10(2)25-15(17-11(3)19)14(9)16(21)24-7-13(20)18(4)12-5-6-26(22,23)8-12/h12H,5-8H2,1-4H3,(H,17,19)/t12-/m0/s1. The number of ether oxygens (including phenoxy) is 1. The molecule has 0 aliphatic carbocycles. The Balaban J connectivity index is 2.02. The third-order valence-corrected chi connectivity index (χ3v) is 7.23. The number of aryl methyl sites for hydroxylation is 1. The Hall–Kier alpha value is -1.94. The van der Waals surface area contributed by atoms with Crippen LogP contribution >= 0.6 is 11.3 Å². The Morgan fingerprint density at radius 2 is 1.96 bits per heavy atom. The number of esters is 1. The summed E-state index contributed by atoms with van der Waals surface area (Å²) in [7, 11) is -1.60. The Morgan fingerprint density at radius 1 is 1.31 bits per heavy atom. The van der Waals surface area contributed by atoms with E-state index < -0.39 is 34.4 Å². The molecule has 1 aliphatic heterocycles. The summed E-state index contributed by atoms with van der Waals surface area (Å²) in [6.07, 6.45) is 0.383. The zero-order valence-electron chi connectivity index (χ0n) is 15.1. The van der Waals surface area contributed by atoms with Crippen molar-refractivity contribution >= 4 is 44.0 Å². The molecule has 10 heteroatoms. The molecular weight excluding hydrogens is 380 g/mol. The first-order valence-electron chi connectivity index (χ1n) is 8.02. The monoisotopic (exact) mass is 402 g/mol. The van der Waals surface area contributed by atoms with Gasteiger partial charge in [0.1, 0.15) is 5.00 Å². The molecule has 0 unspecified atom stereocenters. The first-order chi connectivity index (χ1) is 12.0. The second kappa shape index (κ2) is 7.75. The number of carbonyl (C=O) groups excluding carboxylic acids is 3. The molecule has 0 aromatic carbocycles. The lowest BCUT2D eigenvalue weighted by Gasteiger charge is -2.23. The molecule has 144 valence electrons. The predicted molar refractivity (Wildman–Crippen MR) is 98.2 cm³/mol. The van der Waals surface area contributed by atoms with Crippen molar-refractivity contribution in [1.29, 1.82) is 0 Å². The van der Waals surface area contributed by atoms with Crippen LogP contribution in [0.4, 0.5) is 5.00 Å². The average Bonchev–Trinajstić information content (AvgIpc) is 3.03. The first kappa shape index (κ1) is 20.4. The van der Waals surface area contributed by atoms with Gasteiger partial charge in [0.25, 0.3) is 5.91 Å². The highest BCUT2D eigenvalue weighted by atomic mass is 32.2. The van der Waals surface area contributed by atoms with E-state index in [0.717, 1.165) is 4.88 Å². The summed E-state index contributed by atoms with van der Waals surface area (Å²) in [6, 6.07) is -0.397. The molecule has 1 N–H and O–H groups in total. The average molecular weight is 402 g/mol. The van der Waals surface area contributed by atoms with E-state index in [1.807, 2.05) is 6.92 Å². The van der Waals surface area contributed by atoms with Crippen LogP contribution in [0.15, 0.2) is 0 Å². The minimum atomic E-state index is -3.11. The normalized spacial score (nSPS) is 18.4. The number of rotatable bonds is 5. The SMILES string of the molecule is CC(=O)Nc1sc(C)c(C)c1C(=O)OCC(=O)N(C)[C@H]1CCS(=O)(=O)C1. The molecule has 1 aromatic rings. The van der Waals surface area contributed by atoms with E-state index in [1.54, 1.807) is 6.92 Å². The molecule has 2 rings (SSSR count). The van der Waals surface area contributed by atoms with Gasteiger partial charge in [0.05, 0.1) is 17.1 Å². The number of thiophene rings is 1. The van der Waals surface area contributed by atoms with Crippen molar-refractivity contribution < 1.29 is 27.5 Å². The van der Waals surface area contributed by atoms with Gasteiger partial charge < -0.3 is 15.0 Å². The topological polar surface area (TPSA) is 110 Å². The van der Waals surface area contributed by atoms with Crippen molar-refractivity contribution in [2.75, 3.05) is 30.5 Å². The first-order valence-corrected chi connectivity index (χ1v) is 10.7. The van der Waals surface area contributed by atoms with Gasteiger partial charge in [-0.25, -0.2) is 13.2 Å². The Labute approximate surface area is 156 Å². The third kappa shape index (κ3) is 4.61. The van der Waals surface area contributed by atoms with Gasteiger partial charge in [-0.05, 0) is 25.8 Å². The maximum absolute atomic E-state index is 12.4. The van der Waals surface area contributed by atoms with E-state index in [4.69, 9.17) is 4.74 Å². The summed E-state index contributed by atoms with van der Waals surface area (Å²) in [5, 5.41) is 2.99. The highest BCUT2D eigenvalue weighted by molar-refractivity contribution is 7.91. The van der Waals surface area contributed by atoms with E-state index in [0.29, 0.717) is 17.0 Å². The van der Waals surface area contributed by atoms with Gasteiger partial charge in [-0.15, -0.1) is 11.3 Å². The summed E-state index contributed by atoms with van der Waals surface area (Å²) in [5.41, 5.74) is 0.924. The minimum absolute atomic E-state index is 0.0581. The molecule has 1 fully saturated rings. The highest BCUT2D eigenvalue weighted by Crippen LogP contribution is 2.33. The Morgan fingerprint density at radius 3 is 2.50 bits per heavy atom. The van der Waals surface area contributed by atoms with Crippen LogP contribution in [0.5, 0.6) is 0 Å². The number of nitrogens with zero attached hydrogens (tertiary/aromatic N) is 1. The maximum atomic E-state index is 12.4. The van der Waals surface area contributed by atoms with Crippen molar-refractivity contribution in [2.45, 2.75) is 33.2 Å². The van der Waals surface area contributed by atoms with Crippen molar-refractivity contribution in [3.05, 3.63) is 16.0 Å². The van der Waals surface area contributed by atoms with Crippen LogP contribution in [0.3, 0.4) is 0 Å². The smallest absolute Gasteiger partial charge is 0.341 e. The summed E-state index contributed by atoms with van der Waals surface area (Å²) in [6.45, 7) is 4.42. The molecule has 2 heterocycles. The van der Waals surface area contributed by atoms with Gasteiger partial charge >= 0.3 is 5.97 Å². The maximum Gasteiger partial charge on any atom is 0.341 e. The van der Waals surface area contributed by atoms with Crippen LogP contribution in [0, 0.1) is 13.8 Å². The van der Waals surface area contributed by atoms with Crippen molar-refractivity contribution in [1.82, 2.24) is 4.90 Å². The van der Waals surface area contributed by atoms with E-state index in [2.05, 4.69) is 5.32 Å². The van der Waals surface area contributed by atoms with Gasteiger partial charge in [-0.1, -0.05) is 0 Å². The van der Waals surface area contributed by atoms with Gasteiger partial charge in [-0.3, -0.25) is 9.59 Å². The van der Waals surface area contributed by atoms with E-state index in [-0.39, 0.29) is 23.0 Å². The summed E-state index contributed by atoms with van der Waals surface area (Å²) >= 11 is 1.26. The highest BCUT2D eigenvalue weighted by Gasteiger charge is 2.33. The molecule has 0 radical (unpaired) electrons. The van der Waals surface area contributed by atoms with Crippen LogP contribution in [0.25, 0.3) is 0 Å². The van der Waals surface area contributed by atoms with Gasteiger partial charge in [-0.2, -0.15) is 0 Å². The number of carbonyl (C=O) groups is 3. The number of amides is 2. The molecule has 0 spiro atoms. The van der Waals surface area contributed by atoms with Crippen LogP contribution in [-0.4, -0.2) is 62.3 Å². The largest absolute Gasteiger partial charge is 0.452 e. The fraction of sp³-hybridized carbons (Fsp3) is 0.562. The predicted octanol–water partition coefficient (Wildman–Crippen LogP) is 1.13. The van der Waals surface area contributed by atoms with E-state index >= 15 is 0 Å². The minimum Gasteiger partial charge on any atom is -0.452 e. The lowest BCUT2D eigenvalue weighted by atomic mass is 10.1. The molecule has 1 atom stereocenters. The zero-order valence-corrected chi connectivity index (χ0v) is 16.8. The number of likely N-dealkylation sites (N-methyl/N-ethyl adjacent to an activating group) is 1. The van der Waals surface area contributed by atoms with Crippen LogP contribution in [0.2, 0.25) is 0 Å². The second-order valence-corrected chi connectivity index (χ2v) is 9.76. The molecule has 1 saturated heterocycles. The number of hydrogen-bond acceptors (Lipinski definition) is 7. The van der Waals surface area contributed by atoms with Crippen molar-refractivity contribution in [3.8, 4) is 0 Å². The third-order valence-electron chi connectivity index (χ3n) is 4.36. The lowest BCUT2D eigenvalue weighted by molar-refractivity contribution is -0.134. The van der Waals surface area contributed by atoms with Gasteiger partial charge in [0.15, 0.2) is 16.4 Å². The molecule has 26 heavy (non-hydrogen) atoms. The van der Waals surface area contributed by atoms with Gasteiger partial charge in [0.2, 0.25) is 5.91 Å². The van der Waals surface area contributed by atoms with Gasteiger partial charge in [0, 0.05) is 24.9 Å². The quantitative estimate of drug-likeness (QED) is 0.739. The fourth-order valence-corrected chi connectivity index (χ4v) is 5.58. The molecule has 0 saturated carbocycles. The second-order valence-electron chi connectivity index (χ2n) is 6.31. The number of hydrogen-bond donors (Lipinski definition) is 1. The lowest BCUT2D eigenvalue weighted by Crippen LogP contribution is -2.40. The number of nitrogens with one attached hydrogen (secondary N) is 1. The summed E-state index contributed by atoms with van der Waals surface area (Å²) < 4.78 is 28.2. The number of anilines is 1. The molecule has 1 aliphatic rings. The fourth-order valence-electron chi connectivity index (χ4n) is 2.71. The molecule has 8 nitrogen and oxygen atoms in total. The van der Waals surface area contributed by atoms with Crippen LogP contribution in [-0.2, 0) is 24.2 Å². The molecule has 2 amide bonds. The molecular formula is C16H22N2O6S2. The van der Waals surface area contributed by atoms with E-state index in [9.17, 15) is 22.8 Å². The van der Waals surface area contributed by atoms with E-state index in [1.165, 1.54) is 30.2 Å². The van der Waals surface area contributed by atoms with Crippen molar-refractivity contribution in [2.24, 2.45) is 0 Å².